The van der Waals surface area contributed by atoms with E-state index in [0.717, 1.165) is 56.8 Å². The van der Waals surface area contributed by atoms with Gasteiger partial charge in [-0.2, -0.15) is 0 Å². The van der Waals surface area contributed by atoms with Crippen LogP contribution in [-0.2, 0) is 13.0 Å². The Morgan fingerprint density at radius 2 is 2.08 bits per heavy atom. The molecule has 1 amide bonds. The van der Waals surface area contributed by atoms with Crippen LogP contribution in [0.1, 0.15) is 60.2 Å². The molecule has 6 nitrogen and oxygen atoms in total. The van der Waals surface area contributed by atoms with E-state index in [9.17, 15) is 4.79 Å². The minimum Gasteiger partial charge on any atom is -0.466 e. The Bertz CT molecular complexity index is 711. The number of aromatic nitrogens is 3. The number of hydrogen-bond acceptors (Lipinski definition) is 4. The Labute approximate surface area is 149 Å². The molecule has 3 rings (SSSR count). The van der Waals surface area contributed by atoms with Crippen LogP contribution in [0.3, 0.4) is 0 Å². The lowest BCUT2D eigenvalue weighted by molar-refractivity contribution is 0.0679. The van der Waals surface area contributed by atoms with Gasteiger partial charge in [-0.1, -0.05) is 18.6 Å². The highest BCUT2D eigenvalue weighted by Crippen LogP contribution is 2.23. The van der Waals surface area contributed by atoms with Crippen molar-refractivity contribution in [2.24, 2.45) is 5.92 Å². The predicted molar refractivity (Wildman–Crippen MR) is 95.4 cm³/mol. The molecule has 0 atom stereocenters. The van der Waals surface area contributed by atoms with Gasteiger partial charge in [0.05, 0.1) is 11.3 Å². The first-order valence-corrected chi connectivity index (χ1v) is 9.32. The molecule has 25 heavy (non-hydrogen) atoms. The number of furan rings is 1. The minimum atomic E-state index is 0.0930. The van der Waals surface area contributed by atoms with Gasteiger partial charge in [-0.05, 0) is 51.5 Å². The Morgan fingerprint density at radius 1 is 1.32 bits per heavy atom. The Morgan fingerprint density at radius 3 is 2.72 bits per heavy atom. The van der Waals surface area contributed by atoms with Gasteiger partial charge in [0, 0.05) is 25.8 Å². The van der Waals surface area contributed by atoms with Crippen molar-refractivity contribution in [2.45, 2.75) is 59.4 Å². The van der Waals surface area contributed by atoms with Crippen molar-refractivity contribution < 1.29 is 9.21 Å². The summed E-state index contributed by atoms with van der Waals surface area (Å²) < 4.78 is 7.46. The summed E-state index contributed by atoms with van der Waals surface area (Å²) in [5, 5.41) is 8.51. The van der Waals surface area contributed by atoms with E-state index >= 15 is 0 Å². The monoisotopic (exact) mass is 344 g/mol. The molecule has 0 saturated carbocycles. The maximum atomic E-state index is 12.6. The molecule has 3 heterocycles. The van der Waals surface area contributed by atoms with Gasteiger partial charge in [0.25, 0.3) is 5.91 Å². The summed E-state index contributed by atoms with van der Waals surface area (Å²) in [5.74, 6) is 2.15. The molecule has 0 aliphatic carbocycles. The lowest BCUT2D eigenvalue weighted by atomic mass is 9.96. The molecule has 0 N–H and O–H groups in total. The second kappa shape index (κ2) is 7.85. The number of rotatable bonds is 6. The van der Waals surface area contributed by atoms with Crippen molar-refractivity contribution in [3.8, 4) is 0 Å². The van der Waals surface area contributed by atoms with Crippen LogP contribution in [0.4, 0.5) is 0 Å². The summed E-state index contributed by atoms with van der Waals surface area (Å²) >= 11 is 0. The van der Waals surface area contributed by atoms with Gasteiger partial charge in [0.2, 0.25) is 0 Å². The van der Waals surface area contributed by atoms with Gasteiger partial charge >= 0.3 is 0 Å². The van der Waals surface area contributed by atoms with Crippen LogP contribution in [0.5, 0.6) is 0 Å². The number of nitrogens with zero attached hydrogens (tertiary/aromatic N) is 4. The van der Waals surface area contributed by atoms with Gasteiger partial charge < -0.3 is 9.32 Å². The fraction of sp³-hybridized carbons (Fsp3) is 0.632. The zero-order valence-electron chi connectivity index (χ0n) is 15.5. The summed E-state index contributed by atoms with van der Waals surface area (Å²) in [7, 11) is 0. The molecule has 6 heteroatoms. The standard InChI is InChI=1S/C19H28N4O2/c1-4-5-6-17-13-23(21-20-17)12-16-7-9-22(10-8-16)19(24)18-11-14(2)25-15(18)3/h11,13,16H,4-10,12H2,1-3H3. The molecule has 0 aromatic carbocycles. The fourth-order valence-electron chi connectivity index (χ4n) is 3.50. The summed E-state index contributed by atoms with van der Waals surface area (Å²) in [4.78, 5) is 14.6. The quantitative estimate of drug-likeness (QED) is 0.806. The van der Waals surface area contributed by atoms with E-state index < -0.39 is 0 Å². The van der Waals surface area contributed by atoms with E-state index in [1.807, 2.05) is 29.5 Å². The predicted octanol–water partition coefficient (Wildman–Crippen LogP) is 3.38. The number of likely N-dealkylation sites (tertiary alicyclic amines) is 1. The number of carbonyl (C=O) groups is 1. The first-order chi connectivity index (χ1) is 12.1. The largest absolute Gasteiger partial charge is 0.466 e. The van der Waals surface area contributed by atoms with Gasteiger partial charge in [0.1, 0.15) is 11.5 Å². The zero-order chi connectivity index (χ0) is 17.8. The second-order valence-corrected chi connectivity index (χ2v) is 7.10. The van der Waals surface area contributed by atoms with E-state index in [2.05, 4.69) is 23.4 Å². The molecule has 136 valence electrons. The van der Waals surface area contributed by atoms with E-state index in [4.69, 9.17) is 4.42 Å². The lowest BCUT2D eigenvalue weighted by Gasteiger charge is -2.31. The smallest absolute Gasteiger partial charge is 0.257 e. The van der Waals surface area contributed by atoms with Crippen molar-refractivity contribution in [3.05, 3.63) is 35.0 Å². The van der Waals surface area contributed by atoms with Gasteiger partial charge in [0.15, 0.2) is 0 Å². The van der Waals surface area contributed by atoms with E-state index in [1.54, 1.807) is 0 Å². The molecule has 0 bridgehead atoms. The lowest BCUT2D eigenvalue weighted by Crippen LogP contribution is -2.39. The maximum Gasteiger partial charge on any atom is 0.257 e. The zero-order valence-corrected chi connectivity index (χ0v) is 15.5. The highest BCUT2D eigenvalue weighted by Gasteiger charge is 2.26. The summed E-state index contributed by atoms with van der Waals surface area (Å²) in [5.41, 5.74) is 1.79. The fourth-order valence-corrected chi connectivity index (χ4v) is 3.50. The molecule has 1 fully saturated rings. The number of unbranched alkanes of at least 4 members (excludes halogenated alkanes) is 1. The van der Waals surface area contributed by atoms with Crippen molar-refractivity contribution in [2.75, 3.05) is 13.1 Å². The van der Waals surface area contributed by atoms with Gasteiger partial charge in [-0.15, -0.1) is 5.10 Å². The third-order valence-electron chi connectivity index (χ3n) is 4.99. The van der Waals surface area contributed by atoms with Crippen LogP contribution < -0.4 is 0 Å². The topological polar surface area (TPSA) is 64.2 Å². The number of carbonyl (C=O) groups excluding carboxylic acids is 1. The van der Waals surface area contributed by atoms with Crippen LogP contribution in [0.2, 0.25) is 0 Å². The minimum absolute atomic E-state index is 0.0930. The number of amides is 1. The molecular formula is C19H28N4O2. The SMILES string of the molecule is CCCCc1cn(CC2CCN(C(=O)c3cc(C)oc3C)CC2)nn1. The highest BCUT2D eigenvalue weighted by atomic mass is 16.3. The third-order valence-corrected chi connectivity index (χ3v) is 4.99. The van der Waals surface area contributed by atoms with Crippen LogP contribution in [-0.4, -0.2) is 38.9 Å². The molecule has 0 unspecified atom stereocenters. The summed E-state index contributed by atoms with van der Waals surface area (Å²) in [6.45, 7) is 8.41. The Hall–Kier alpha value is -2.11. The maximum absolute atomic E-state index is 12.6. The second-order valence-electron chi connectivity index (χ2n) is 7.10. The van der Waals surface area contributed by atoms with Crippen LogP contribution in [0, 0.1) is 19.8 Å². The van der Waals surface area contributed by atoms with Crippen molar-refractivity contribution >= 4 is 5.91 Å². The van der Waals surface area contributed by atoms with Gasteiger partial charge in [-0.25, -0.2) is 0 Å². The number of hydrogen-bond donors (Lipinski definition) is 0. The molecule has 1 saturated heterocycles. The molecule has 1 aliphatic heterocycles. The van der Waals surface area contributed by atoms with Crippen LogP contribution >= 0.6 is 0 Å². The number of aryl methyl sites for hydroxylation is 3. The average Bonchev–Trinajstić information content (AvgIpc) is 3.18. The van der Waals surface area contributed by atoms with E-state index in [-0.39, 0.29) is 5.91 Å². The third kappa shape index (κ3) is 4.30. The normalized spacial score (nSPS) is 15.7. The van der Waals surface area contributed by atoms with E-state index in [1.165, 1.54) is 6.42 Å². The van der Waals surface area contributed by atoms with Crippen molar-refractivity contribution in [1.82, 2.24) is 19.9 Å². The van der Waals surface area contributed by atoms with Crippen molar-refractivity contribution in [3.63, 3.8) is 0 Å². The Balaban J connectivity index is 1.51. The molecule has 0 spiro atoms. The number of piperidine rings is 1. The average molecular weight is 344 g/mol. The molecule has 2 aromatic rings. The first kappa shape index (κ1) is 17.7. The molecular weight excluding hydrogens is 316 g/mol. The first-order valence-electron chi connectivity index (χ1n) is 9.32. The van der Waals surface area contributed by atoms with Crippen LogP contribution in [0.25, 0.3) is 0 Å². The Kier molecular flexibility index (Phi) is 5.56. The van der Waals surface area contributed by atoms with E-state index in [0.29, 0.717) is 17.2 Å². The summed E-state index contributed by atoms with van der Waals surface area (Å²) in [6.07, 6.45) is 7.43. The van der Waals surface area contributed by atoms with Gasteiger partial charge in [-0.3, -0.25) is 9.48 Å². The van der Waals surface area contributed by atoms with Crippen LogP contribution in [0.15, 0.2) is 16.7 Å². The molecule has 1 aliphatic rings. The summed E-state index contributed by atoms with van der Waals surface area (Å²) in [6, 6.07) is 1.84. The van der Waals surface area contributed by atoms with Crippen molar-refractivity contribution in [1.29, 1.82) is 0 Å². The molecule has 0 radical (unpaired) electrons. The molecule has 2 aromatic heterocycles. The highest BCUT2D eigenvalue weighted by molar-refractivity contribution is 5.95.